The summed E-state index contributed by atoms with van der Waals surface area (Å²) in [5.74, 6) is 0.970. The third-order valence-electron chi connectivity index (χ3n) is 3.86. The first kappa shape index (κ1) is 13.4. The number of hydrogen-bond donors (Lipinski definition) is 2. The standard InChI is InChI=1S/C17H22N2O/c18-8-7-13-3-4-15-11-16(6-5-14(15)10-13)20-17-2-1-9-19-12-17/h3-6,10-11,17,19H,1-2,7-9,12,18H2. The molecule has 1 saturated heterocycles. The largest absolute Gasteiger partial charge is 0.489 e. The zero-order chi connectivity index (χ0) is 13.8. The number of rotatable bonds is 4. The van der Waals surface area contributed by atoms with Crippen LogP contribution in [-0.2, 0) is 6.42 Å². The molecule has 20 heavy (non-hydrogen) atoms. The summed E-state index contributed by atoms with van der Waals surface area (Å²) >= 11 is 0. The molecule has 3 nitrogen and oxygen atoms in total. The van der Waals surface area contributed by atoms with Gasteiger partial charge >= 0.3 is 0 Å². The van der Waals surface area contributed by atoms with Crippen LogP contribution >= 0.6 is 0 Å². The predicted molar refractivity (Wildman–Crippen MR) is 83.2 cm³/mol. The summed E-state index contributed by atoms with van der Waals surface area (Å²) in [6, 6.07) is 12.9. The second-order valence-corrected chi connectivity index (χ2v) is 5.47. The molecule has 0 aliphatic carbocycles. The Morgan fingerprint density at radius 3 is 2.80 bits per heavy atom. The van der Waals surface area contributed by atoms with Gasteiger partial charge in [0.2, 0.25) is 0 Å². The highest BCUT2D eigenvalue weighted by Crippen LogP contribution is 2.24. The van der Waals surface area contributed by atoms with Gasteiger partial charge in [0.25, 0.3) is 0 Å². The van der Waals surface area contributed by atoms with E-state index >= 15 is 0 Å². The van der Waals surface area contributed by atoms with E-state index in [-0.39, 0.29) is 0 Å². The molecule has 106 valence electrons. The minimum absolute atomic E-state index is 0.303. The lowest BCUT2D eigenvalue weighted by Gasteiger charge is -2.24. The van der Waals surface area contributed by atoms with Gasteiger partial charge in [-0.1, -0.05) is 24.3 Å². The molecule has 1 aliphatic rings. The summed E-state index contributed by atoms with van der Waals surface area (Å²) < 4.78 is 6.06. The van der Waals surface area contributed by atoms with Crippen LogP contribution < -0.4 is 15.8 Å². The van der Waals surface area contributed by atoms with Crippen molar-refractivity contribution in [3.8, 4) is 5.75 Å². The van der Waals surface area contributed by atoms with Gasteiger partial charge in [-0.25, -0.2) is 0 Å². The third-order valence-corrected chi connectivity index (χ3v) is 3.86. The van der Waals surface area contributed by atoms with Crippen molar-refractivity contribution in [2.24, 2.45) is 5.73 Å². The van der Waals surface area contributed by atoms with Crippen LogP contribution in [0, 0.1) is 0 Å². The Balaban J connectivity index is 1.77. The van der Waals surface area contributed by atoms with Crippen LogP contribution in [0.2, 0.25) is 0 Å². The van der Waals surface area contributed by atoms with Gasteiger partial charge in [0.15, 0.2) is 0 Å². The molecule has 1 atom stereocenters. The van der Waals surface area contributed by atoms with Gasteiger partial charge < -0.3 is 15.8 Å². The maximum atomic E-state index is 6.06. The van der Waals surface area contributed by atoms with Gasteiger partial charge in [-0.3, -0.25) is 0 Å². The smallest absolute Gasteiger partial charge is 0.120 e. The highest BCUT2D eigenvalue weighted by Gasteiger charge is 2.14. The normalized spacial score (nSPS) is 19.1. The van der Waals surface area contributed by atoms with Crippen LogP contribution in [0.3, 0.4) is 0 Å². The molecular weight excluding hydrogens is 248 g/mol. The second kappa shape index (κ2) is 6.25. The number of benzene rings is 2. The van der Waals surface area contributed by atoms with Crippen LogP contribution in [-0.4, -0.2) is 25.7 Å². The van der Waals surface area contributed by atoms with Crippen molar-refractivity contribution < 1.29 is 4.74 Å². The van der Waals surface area contributed by atoms with Crippen molar-refractivity contribution in [3.63, 3.8) is 0 Å². The zero-order valence-corrected chi connectivity index (χ0v) is 11.8. The quantitative estimate of drug-likeness (QED) is 0.897. The molecule has 3 N–H and O–H groups in total. The maximum Gasteiger partial charge on any atom is 0.120 e. The molecule has 1 unspecified atom stereocenters. The highest BCUT2D eigenvalue weighted by molar-refractivity contribution is 5.84. The molecule has 1 aliphatic heterocycles. The molecule has 1 fully saturated rings. The van der Waals surface area contributed by atoms with E-state index in [2.05, 4.69) is 41.7 Å². The van der Waals surface area contributed by atoms with Gasteiger partial charge in [0.1, 0.15) is 11.9 Å². The predicted octanol–water partition coefficient (Wildman–Crippen LogP) is 2.47. The number of nitrogens with two attached hydrogens (primary N) is 1. The molecule has 0 radical (unpaired) electrons. The molecule has 0 saturated carbocycles. The second-order valence-electron chi connectivity index (χ2n) is 5.47. The lowest BCUT2D eigenvalue weighted by molar-refractivity contribution is 0.167. The Kier molecular flexibility index (Phi) is 4.19. The van der Waals surface area contributed by atoms with Crippen LogP contribution in [0.4, 0.5) is 0 Å². The van der Waals surface area contributed by atoms with Crippen molar-refractivity contribution in [3.05, 3.63) is 42.0 Å². The van der Waals surface area contributed by atoms with Gasteiger partial charge in [-0.05, 0) is 60.8 Å². The minimum Gasteiger partial charge on any atom is -0.489 e. The fraction of sp³-hybridized carbons (Fsp3) is 0.412. The molecule has 0 aromatic heterocycles. The van der Waals surface area contributed by atoms with Gasteiger partial charge in [-0.15, -0.1) is 0 Å². The SMILES string of the molecule is NCCc1ccc2cc(OC3CCCNC3)ccc2c1. The first-order valence-electron chi connectivity index (χ1n) is 7.45. The molecule has 0 amide bonds. The first-order chi connectivity index (χ1) is 9.85. The van der Waals surface area contributed by atoms with Gasteiger partial charge in [0.05, 0.1) is 0 Å². The summed E-state index contributed by atoms with van der Waals surface area (Å²) in [5.41, 5.74) is 6.90. The molecular formula is C17H22N2O. The van der Waals surface area contributed by atoms with Crippen molar-refractivity contribution in [2.75, 3.05) is 19.6 Å². The molecule has 2 aromatic rings. The van der Waals surface area contributed by atoms with Crippen LogP contribution in [0.15, 0.2) is 36.4 Å². The minimum atomic E-state index is 0.303. The summed E-state index contributed by atoms with van der Waals surface area (Å²) in [5, 5.41) is 5.86. The number of ether oxygens (including phenoxy) is 1. The zero-order valence-electron chi connectivity index (χ0n) is 11.8. The first-order valence-corrected chi connectivity index (χ1v) is 7.45. The highest BCUT2D eigenvalue weighted by atomic mass is 16.5. The average molecular weight is 270 g/mol. The van der Waals surface area contributed by atoms with Crippen molar-refractivity contribution in [1.82, 2.24) is 5.32 Å². The van der Waals surface area contributed by atoms with Crippen LogP contribution in [0.25, 0.3) is 10.8 Å². The Hall–Kier alpha value is -1.58. The van der Waals surface area contributed by atoms with E-state index in [0.29, 0.717) is 12.6 Å². The Morgan fingerprint density at radius 1 is 1.15 bits per heavy atom. The van der Waals surface area contributed by atoms with Crippen molar-refractivity contribution >= 4 is 10.8 Å². The molecule has 2 aromatic carbocycles. The van der Waals surface area contributed by atoms with E-state index in [9.17, 15) is 0 Å². The van der Waals surface area contributed by atoms with E-state index in [4.69, 9.17) is 10.5 Å². The Morgan fingerprint density at radius 2 is 2.00 bits per heavy atom. The van der Waals surface area contributed by atoms with E-state index < -0.39 is 0 Å². The molecule has 0 spiro atoms. The monoisotopic (exact) mass is 270 g/mol. The lowest BCUT2D eigenvalue weighted by atomic mass is 10.0. The fourth-order valence-electron chi connectivity index (χ4n) is 2.78. The van der Waals surface area contributed by atoms with Crippen molar-refractivity contribution in [2.45, 2.75) is 25.4 Å². The third kappa shape index (κ3) is 3.11. The van der Waals surface area contributed by atoms with Gasteiger partial charge in [0, 0.05) is 6.54 Å². The topological polar surface area (TPSA) is 47.3 Å². The van der Waals surface area contributed by atoms with E-state index in [0.717, 1.165) is 31.7 Å². The lowest BCUT2D eigenvalue weighted by Crippen LogP contribution is -2.37. The fourth-order valence-corrected chi connectivity index (χ4v) is 2.78. The van der Waals surface area contributed by atoms with Crippen LogP contribution in [0.1, 0.15) is 18.4 Å². The Labute approximate surface area is 120 Å². The van der Waals surface area contributed by atoms with E-state index in [1.54, 1.807) is 0 Å². The van der Waals surface area contributed by atoms with E-state index in [1.165, 1.54) is 22.8 Å². The summed E-state index contributed by atoms with van der Waals surface area (Å²) in [4.78, 5) is 0. The number of nitrogens with one attached hydrogen (secondary N) is 1. The number of piperidine rings is 1. The molecule has 0 bridgehead atoms. The average Bonchev–Trinajstić information content (AvgIpc) is 2.49. The summed E-state index contributed by atoms with van der Waals surface area (Å²) in [7, 11) is 0. The molecule has 3 heteroatoms. The molecule has 1 heterocycles. The van der Waals surface area contributed by atoms with Crippen molar-refractivity contribution in [1.29, 1.82) is 0 Å². The number of fused-ring (bicyclic) bond motifs is 1. The van der Waals surface area contributed by atoms with Gasteiger partial charge in [-0.2, -0.15) is 0 Å². The van der Waals surface area contributed by atoms with E-state index in [1.807, 2.05) is 0 Å². The Bertz CT molecular complexity index is 576. The maximum absolute atomic E-state index is 6.06. The molecule has 3 rings (SSSR count). The number of hydrogen-bond acceptors (Lipinski definition) is 3. The van der Waals surface area contributed by atoms with Crippen LogP contribution in [0.5, 0.6) is 5.75 Å². The summed E-state index contributed by atoms with van der Waals surface area (Å²) in [6.07, 6.45) is 3.57. The summed E-state index contributed by atoms with van der Waals surface area (Å²) in [6.45, 7) is 2.76.